The molecule has 4 nitrogen and oxygen atoms in total. The maximum Gasteiger partial charge on any atom is 0.290 e. The SMILES string of the molecule is Cc1cc(C(=O)NC2(CBr)CCCCC2)on1. The molecule has 1 fully saturated rings. The Bertz CT molecular complexity index is 397. The van der Waals surface area contributed by atoms with Gasteiger partial charge in [0.2, 0.25) is 5.76 Å². The monoisotopic (exact) mass is 300 g/mol. The third-order valence-corrected chi connectivity index (χ3v) is 4.37. The zero-order valence-electron chi connectivity index (χ0n) is 9.96. The number of amides is 1. The molecule has 1 heterocycles. The lowest BCUT2D eigenvalue weighted by Crippen LogP contribution is -2.51. The summed E-state index contributed by atoms with van der Waals surface area (Å²) in [6.07, 6.45) is 5.64. The molecule has 0 spiro atoms. The van der Waals surface area contributed by atoms with Crippen molar-refractivity contribution < 1.29 is 9.32 Å². The van der Waals surface area contributed by atoms with Gasteiger partial charge in [-0.25, -0.2) is 0 Å². The van der Waals surface area contributed by atoms with Crippen molar-refractivity contribution in [2.45, 2.75) is 44.6 Å². The molecular weight excluding hydrogens is 284 g/mol. The van der Waals surface area contributed by atoms with Crippen LogP contribution in [0.3, 0.4) is 0 Å². The molecule has 1 aromatic rings. The first-order valence-corrected chi connectivity index (χ1v) is 7.09. The number of rotatable bonds is 3. The molecule has 0 unspecified atom stereocenters. The van der Waals surface area contributed by atoms with Gasteiger partial charge in [0.05, 0.1) is 11.2 Å². The summed E-state index contributed by atoms with van der Waals surface area (Å²) >= 11 is 3.51. The predicted octanol–water partition coefficient (Wildman–Crippen LogP) is 2.81. The van der Waals surface area contributed by atoms with Gasteiger partial charge in [-0.15, -0.1) is 0 Å². The first-order valence-electron chi connectivity index (χ1n) is 5.97. The molecule has 0 aliphatic heterocycles. The van der Waals surface area contributed by atoms with Crippen LogP contribution in [-0.4, -0.2) is 21.9 Å². The van der Waals surface area contributed by atoms with Gasteiger partial charge < -0.3 is 9.84 Å². The number of hydrogen-bond acceptors (Lipinski definition) is 3. The molecule has 0 radical (unpaired) electrons. The molecular formula is C12H17BrN2O2. The Morgan fingerprint density at radius 2 is 2.24 bits per heavy atom. The Morgan fingerprint density at radius 3 is 2.76 bits per heavy atom. The number of alkyl halides is 1. The third-order valence-electron chi connectivity index (χ3n) is 3.30. The van der Waals surface area contributed by atoms with Crippen molar-refractivity contribution in [1.29, 1.82) is 0 Å². The fourth-order valence-corrected chi connectivity index (χ4v) is 2.99. The second-order valence-corrected chi connectivity index (χ2v) is 5.32. The maximum absolute atomic E-state index is 12.0. The second kappa shape index (κ2) is 5.21. The van der Waals surface area contributed by atoms with Crippen molar-refractivity contribution in [2.75, 3.05) is 5.33 Å². The van der Waals surface area contributed by atoms with Gasteiger partial charge in [-0.1, -0.05) is 40.3 Å². The predicted molar refractivity (Wildman–Crippen MR) is 68.3 cm³/mol. The molecule has 1 N–H and O–H groups in total. The first-order chi connectivity index (χ1) is 8.15. The van der Waals surface area contributed by atoms with E-state index in [1.807, 2.05) is 0 Å². The van der Waals surface area contributed by atoms with Crippen molar-refractivity contribution in [3.63, 3.8) is 0 Å². The van der Waals surface area contributed by atoms with Crippen LogP contribution in [0.4, 0.5) is 0 Å². The molecule has 1 saturated carbocycles. The van der Waals surface area contributed by atoms with Crippen LogP contribution < -0.4 is 5.32 Å². The van der Waals surface area contributed by atoms with Crippen LogP contribution in [0.15, 0.2) is 10.6 Å². The smallest absolute Gasteiger partial charge is 0.290 e. The van der Waals surface area contributed by atoms with Crippen molar-refractivity contribution in [3.05, 3.63) is 17.5 Å². The van der Waals surface area contributed by atoms with E-state index in [4.69, 9.17) is 4.52 Å². The van der Waals surface area contributed by atoms with Gasteiger partial charge in [0.1, 0.15) is 0 Å². The van der Waals surface area contributed by atoms with Crippen molar-refractivity contribution in [2.24, 2.45) is 0 Å². The zero-order chi connectivity index (χ0) is 12.3. The van der Waals surface area contributed by atoms with Crippen LogP contribution >= 0.6 is 15.9 Å². The van der Waals surface area contributed by atoms with Gasteiger partial charge in [0.15, 0.2) is 0 Å². The van der Waals surface area contributed by atoms with E-state index in [0.29, 0.717) is 5.76 Å². The Kier molecular flexibility index (Phi) is 3.86. The molecule has 0 bridgehead atoms. The fourth-order valence-electron chi connectivity index (χ4n) is 2.29. The molecule has 94 valence electrons. The lowest BCUT2D eigenvalue weighted by molar-refractivity contribution is 0.0848. The molecule has 17 heavy (non-hydrogen) atoms. The molecule has 2 rings (SSSR count). The minimum atomic E-state index is -0.160. The summed E-state index contributed by atoms with van der Waals surface area (Å²) in [5.41, 5.74) is 0.613. The van der Waals surface area contributed by atoms with E-state index in [-0.39, 0.29) is 11.4 Å². The van der Waals surface area contributed by atoms with E-state index in [9.17, 15) is 4.79 Å². The average Bonchev–Trinajstić information content (AvgIpc) is 2.77. The Balaban J connectivity index is 2.05. The summed E-state index contributed by atoms with van der Waals surface area (Å²) in [5, 5.41) is 7.61. The number of aromatic nitrogens is 1. The summed E-state index contributed by atoms with van der Waals surface area (Å²) < 4.78 is 4.98. The number of aryl methyl sites for hydroxylation is 1. The Hall–Kier alpha value is -0.840. The summed E-state index contributed by atoms with van der Waals surface area (Å²) in [7, 11) is 0. The van der Waals surface area contributed by atoms with Crippen molar-refractivity contribution in [1.82, 2.24) is 10.5 Å². The molecule has 1 aliphatic rings. The van der Waals surface area contributed by atoms with Crippen LogP contribution in [-0.2, 0) is 0 Å². The Labute approximate surface area is 109 Å². The highest BCUT2D eigenvalue weighted by molar-refractivity contribution is 9.09. The Morgan fingerprint density at radius 1 is 1.53 bits per heavy atom. The minimum Gasteiger partial charge on any atom is -0.351 e. The number of nitrogens with one attached hydrogen (secondary N) is 1. The lowest BCUT2D eigenvalue weighted by atomic mass is 9.83. The molecule has 1 aromatic heterocycles. The molecule has 1 amide bonds. The summed E-state index contributed by atoms with van der Waals surface area (Å²) in [6.45, 7) is 1.81. The number of hydrogen-bond donors (Lipinski definition) is 1. The second-order valence-electron chi connectivity index (χ2n) is 4.76. The normalized spacial score (nSPS) is 18.9. The summed E-state index contributed by atoms with van der Waals surface area (Å²) in [6, 6.07) is 1.67. The topological polar surface area (TPSA) is 55.1 Å². The van der Waals surface area contributed by atoms with Crippen molar-refractivity contribution in [3.8, 4) is 0 Å². The van der Waals surface area contributed by atoms with E-state index >= 15 is 0 Å². The molecule has 0 aromatic carbocycles. The van der Waals surface area contributed by atoms with Gasteiger partial charge in [0, 0.05) is 11.4 Å². The maximum atomic E-state index is 12.0. The van der Waals surface area contributed by atoms with Gasteiger partial charge >= 0.3 is 0 Å². The molecule has 0 saturated heterocycles. The van der Waals surface area contributed by atoms with Crippen molar-refractivity contribution >= 4 is 21.8 Å². The first kappa shape index (κ1) is 12.6. The highest BCUT2D eigenvalue weighted by Gasteiger charge is 2.33. The number of halogens is 1. The zero-order valence-corrected chi connectivity index (χ0v) is 11.5. The number of carbonyl (C=O) groups excluding carboxylic acids is 1. The highest BCUT2D eigenvalue weighted by Crippen LogP contribution is 2.30. The van der Waals surface area contributed by atoms with Crippen LogP contribution in [0.5, 0.6) is 0 Å². The number of carbonyl (C=O) groups is 1. The van der Waals surface area contributed by atoms with E-state index in [0.717, 1.165) is 23.9 Å². The quantitative estimate of drug-likeness (QED) is 0.873. The highest BCUT2D eigenvalue weighted by atomic mass is 79.9. The van der Waals surface area contributed by atoms with E-state index in [2.05, 4.69) is 26.4 Å². The van der Waals surface area contributed by atoms with Crippen LogP contribution in [0.2, 0.25) is 0 Å². The standard InChI is InChI=1S/C12H17BrN2O2/c1-9-7-10(17-15-9)11(16)14-12(8-13)5-3-2-4-6-12/h7H,2-6,8H2,1H3,(H,14,16). The fraction of sp³-hybridized carbons (Fsp3) is 0.667. The van der Waals surface area contributed by atoms with E-state index in [1.54, 1.807) is 13.0 Å². The minimum absolute atomic E-state index is 0.115. The number of nitrogens with zero attached hydrogens (tertiary/aromatic N) is 1. The summed E-state index contributed by atoms with van der Waals surface area (Å²) in [5.74, 6) is 0.139. The lowest BCUT2D eigenvalue weighted by Gasteiger charge is -2.36. The van der Waals surface area contributed by atoms with Gasteiger partial charge in [-0.05, 0) is 19.8 Å². The van der Waals surface area contributed by atoms with Crippen LogP contribution in [0.25, 0.3) is 0 Å². The average molecular weight is 301 g/mol. The van der Waals surface area contributed by atoms with E-state index in [1.165, 1.54) is 19.3 Å². The van der Waals surface area contributed by atoms with Gasteiger partial charge in [-0.2, -0.15) is 0 Å². The summed E-state index contributed by atoms with van der Waals surface area (Å²) in [4.78, 5) is 12.0. The van der Waals surface area contributed by atoms with Crippen LogP contribution in [0, 0.1) is 6.92 Å². The largest absolute Gasteiger partial charge is 0.351 e. The molecule has 0 atom stereocenters. The van der Waals surface area contributed by atoms with Crippen LogP contribution in [0.1, 0.15) is 48.4 Å². The molecule has 5 heteroatoms. The van der Waals surface area contributed by atoms with Gasteiger partial charge in [0.25, 0.3) is 5.91 Å². The molecule has 1 aliphatic carbocycles. The van der Waals surface area contributed by atoms with Gasteiger partial charge in [-0.3, -0.25) is 4.79 Å². The van der Waals surface area contributed by atoms with E-state index < -0.39 is 0 Å². The third kappa shape index (κ3) is 2.89.